The molecular weight excluding hydrogens is 454 g/mol. The SMILES string of the molecule is CCCC[C@H](CC)C(=O)N1CCN(C(=O)CN2CCc3sccc3[C@H]2c2ccc(C)cc2)C[C@@H]1C. The molecule has 1 aromatic heterocycles. The van der Waals surface area contributed by atoms with Gasteiger partial charge >= 0.3 is 0 Å². The molecule has 0 bridgehead atoms. The van der Waals surface area contributed by atoms with Gasteiger partial charge in [0.2, 0.25) is 11.8 Å². The molecule has 2 aliphatic rings. The minimum atomic E-state index is 0.0635. The van der Waals surface area contributed by atoms with Crippen LogP contribution in [0.25, 0.3) is 0 Å². The smallest absolute Gasteiger partial charge is 0.236 e. The van der Waals surface area contributed by atoms with Crippen LogP contribution in [0.2, 0.25) is 0 Å². The van der Waals surface area contributed by atoms with Crippen molar-refractivity contribution in [1.29, 1.82) is 0 Å². The van der Waals surface area contributed by atoms with E-state index < -0.39 is 0 Å². The average molecular weight is 496 g/mol. The van der Waals surface area contributed by atoms with E-state index >= 15 is 0 Å². The third-order valence-corrected chi connectivity index (χ3v) is 8.81. The molecule has 4 rings (SSSR count). The van der Waals surface area contributed by atoms with E-state index in [4.69, 9.17) is 0 Å². The van der Waals surface area contributed by atoms with Gasteiger partial charge in [-0.25, -0.2) is 0 Å². The lowest BCUT2D eigenvalue weighted by molar-refractivity contribution is -0.146. The molecular formula is C29H41N3O2S. The maximum Gasteiger partial charge on any atom is 0.236 e. The number of carbonyl (C=O) groups excluding carboxylic acids is 2. The van der Waals surface area contributed by atoms with Crippen LogP contribution in [0, 0.1) is 12.8 Å². The summed E-state index contributed by atoms with van der Waals surface area (Å²) in [7, 11) is 0. The molecule has 2 aromatic rings. The summed E-state index contributed by atoms with van der Waals surface area (Å²) in [5.41, 5.74) is 3.85. The zero-order valence-corrected chi connectivity index (χ0v) is 22.7. The monoisotopic (exact) mass is 495 g/mol. The van der Waals surface area contributed by atoms with Crippen molar-refractivity contribution in [1.82, 2.24) is 14.7 Å². The molecule has 35 heavy (non-hydrogen) atoms. The lowest BCUT2D eigenvalue weighted by atomic mass is 9.92. The molecule has 0 N–H and O–H groups in total. The van der Waals surface area contributed by atoms with Crippen molar-refractivity contribution in [3.63, 3.8) is 0 Å². The highest BCUT2D eigenvalue weighted by molar-refractivity contribution is 7.10. The van der Waals surface area contributed by atoms with Crippen LogP contribution in [0.4, 0.5) is 0 Å². The number of aryl methyl sites for hydroxylation is 1. The number of hydrogen-bond acceptors (Lipinski definition) is 4. The molecule has 1 aromatic carbocycles. The molecule has 2 amide bonds. The van der Waals surface area contributed by atoms with Gasteiger partial charge in [-0.15, -0.1) is 11.3 Å². The highest BCUT2D eigenvalue weighted by atomic mass is 32.1. The Labute approximate surface area is 215 Å². The number of nitrogens with zero attached hydrogens (tertiary/aromatic N) is 3. The molecule has 0 radical (unpaired) electrons. The summed E-state index contributed by atoms with van der Waals surface area (Å²) in [6, 6.07) is 11.2. The summed E-state index contributed by atoms with van der Waals surface area (Å²) in [5.74, 6) is 0.571. The second-order valence-corrected chi connectivity index (χ2v) is 11.3. The first-order chi connectivity index (χ1) is 16.9. The van der Waals surface area contributed by atoms with Crippen LogP contribution in [0.3, 0.4) is 0 Å². The molecule has 5 nitrogen and oxygen atoms in total. The summed E-state index contributed by atoms with van der Waals surface area (Å²) in [4.78, 5) is 34.5. The van der Waals surface area contributed by atoms with E-state index in [1.54, 1.807) is 0 Å². The topological polar surface area (TPSA) is 43.9 Å². The van der Waals surface area contributed by atoms with Crippen LogP contribution in [0.5, 0.6) is 0 Å². The minimum absolute atomic E-state index is 0.0635. The van der Waals surface area contributed by atoms with Gasteiger partial charge in [-0.05, 0) is 55.7 Å². The molecule has 190 valence electrons. The van der Waals surface area contributed by atoms with E-state index in [-0.39, 0.29) is 29.8 Å². The van der Waals surface area contributed by atoms with Crippen molar-refractivity contribution in [3.05, 3.63) is 57.3 Å². The predicted octanol–water partition coefficient (Wildman–Crippen LogP) is 5.28. The first-order valence-corrected chi connectivity index (χ1v) is 14.3. The lowest BCUT2D eigenvalue weighted by Gasteiger charge is -2.42. The molecule has 0 aliphatic carbocycles. The standard InChI is InChI=1S/C29H41N3O2S/c1-5-7-8-23(6-2)29(34)32-17-16-30(19-22(32)4)27(33)20-31-15-13-26-25(14-18-35-26)28(31)24-11-9-21(3)10-12-24/h9-12,14,18,22-23,28H,5-8,13,15-17,19-20H2,1-4H3/t22-,23-,28+/m0/s1. The van der Waals surface area contributed by atoms with E-state index in [1.165, 1.54) is 21.6 Å². The third-order valence-electron chi connectivity index (χ3n) is 7.81. The molecule has 1 fully saturated rings. The van der Waals surface area contributed by atoms with Crippen LogP contribution in [0.15, 0.2) is 35.7 Å². The lowest BCUT2D eigenvalue weighted by Crippen LogP contribution is -2.58. The second-order valence-electron chi connectivity index (χ2n) is 10.3. The number of benzene rings is 1. The molecule has 0 saturated carbocycles. The van der Waals surface area contributed by atoms with Gasteiger partial charge in [0.15, 0.2) is 0 Å². The minimum Gasteiger partial charge on any atom is -0.338 e. The molecule has 2 aliphatic heterocycles. The summed E-state index contributed by atoms with van der Waals surface area (Å²) >= 11 is 1.83. The van der Waals surface area contributed by atoms with Gasteiger partial charge in [0.1, 0.15) is 0 Å². The van der Waals surface area contributed by atoms with Gasteiger partial charge in [0.25, 0.3) is 0 Å². The Morgan fingerprint density at radius 2 is 1.86 bits per heavy atom. The van der Waals surface area contributed by atoms with Crippen molar-refractivity contribution in [2.24, 2.45) is 5.92 Å². The van der Waals surface area contributed by atoms with Crippen molar-refractivity contribution in [2.75, 3.05) is 32.7 Å². The number of unbranched alkanes of at least 4 members (excludes halogenated alkanes) is 1. The maximum absolute atomic E-state index is 13.5. The van der Waals surface area contributed by atoms with E-state index in [9.17, 15) is 9.59 Å². The van der Waals surface area contributed by atoms with Crippen LogP contribution in [-0.2, 0) is 16.0 Å². The number of hydrogen-bond donors (Lipinski definition) is 0. The fourth-order valence-electron chi connectivity index (χ4n) is 5.65. The number of piperazine rings is 1. The second kappa shape index (κ2) is 11.7. The first-order valence-electron chi connectivity index (χ1n) is 13.4. The molecule has 1 saturated heterocycles. The number of carbonyl (C=O) groups is 2. The summed E-state index contributed by atoms with van der Waals surface area (Å²) in [6.07, 6.45) is 5.08. The van der Waals surface area contributed by atoms with Crippen molar-refractivity contribution >= 4 is 23.2 Å². The Balaban J connectivity index is 1.42. The normalized spacial score (nSPS) is 21.6. The van der Waals surface area contributed by atoms with E-state index in [0.717, 1.165) is 38.6 Å². The maximum atomic E-state index is 13.5. The summed E-state index contributed by atoms with van der Waals surface area (Å²) in [5, 5.41) is 2.18. The van der Waals surface area contributed by atoms with Crippen LogP contribution >= 0.6 is 11.3 Å². The van der Waals surface area contributed by atoms with Crippen molar-refractivity contribution < 1.29 is 9.59 Å². The fourth-order valence-corrected chi connectivity index (χ4v) is 6.55. The van der Waals surface area contributed by atoms with Gasteiger partial charge in [-0.3, -0.25) is 14.5 Å². The van der Waals surface area contributed by atoms with Gasteiger partial charge < -0.3 is 9.80 Å². The Morgan fingerprint density at radius 3 is 2.54 bits per heavy atom. The average Bonchev–Trinajstić information content (AvgIpc) is 3.34. The third kappa shape index (κ3) is 5.80. The zero-order valence-electron chi connectivity index (χ0n) is 21.8. The molecule has 0 unspecified atom stereocenters. The quantitative estimate of drug-likeness (QED) is 0.500. The summed E-state index contributed by atoms with van der Waals surface area (Å²) in [6.45, 7) is 11.7. The van der Waals surface area contributed by atoms with E-state index in [0.29, 0.717) is 26.2 Å². The Hall–Kier alpha value is -2.18. The first kappa shape index (κ1) is 25.9. The fraction of sp³-hybridized carbons (Fsp3) is 0.586. The van der Waals surface area contributed by atoms with Gasteiger partial charge in [0, 0.05) is 43.0 Å². The number of amides is 2. The van der Waals surface area contributed by atoms with Gasteiger partial charge in [-0.1, -0.05) is 56.5 Å². The van der Waals surface area contributed by atoms with E-state index in [1.807, 2.05) is 21.1 Å². The highest BCUT2D eigenvalue weighted by Gasteiger charge is 2.35. The molecule has 3 atom stereocenters. The Kier molecular flexibility index (Phi) is 8.66. The summed E-state index contributed by atoms with van der Waals surface area (Å²) < 4.78 is 0. The van der Waals surface area contributed by atoms with Gasteiger partial charge in [-0.2, -0.15) is 0 Å². The highest BCUT2D eigenvalue weighted by Crippen LogP contribution is 2.37. The van der Waals surface area contributed by atoms with Gasteiger partial charge in [0.05, 0.1) is 12.6 Å². The van der Waals surface area contributed by atoms with Crippen LogP contribution in [-0.4, -0.2) is 65.3 Å². The Morgan fingerprint density at radius 1 is 1.09 bits per heavy atom. The molecule has 3 heterocycles. The van der Waals surface area contributed by atoms with Crippen molar-refractivity contribution in [2.45, 2.75) is 71.9 Å². The zero-order chi connectivity index (χ0) is 24.9. The number of rotatable bonds is 8. The van der Waals surface area contributed by atoms with E-state index in [2.05, 4.69) is 68.3 Å². The van der Waals surface area contributed by atoms with Crippen LogP contribution < -0.4 is 0 Å². The number of fused-ring (bicyclic) bond motifs is 1. The van der Waals surface area contributed by atoms with Crippen molar-refractivity contribution in [3.8, 4) is 0 Å². The number of thiophene rings is 1. The molecule has 6 heteroatoms. The Bertz CT molecular complexity index is 1000. The van der Waals surface area contributed by atoms with Crippen LogP contribution in [0.1, 0.15) is 74.1 Å². The largest absolute Gasteiger partial charge is 0.338 e. The molecule has 0 spiro atoms. The predicted molar refractivity (Wildman–Crippen MR) is 144 cm³/mol.